The molecule has 1 fully saturated rings. The number of hydrogen-bond acceptors (Lipinski definition) is 5. The van der Waals surface area contributed by atoms with Crippen LogP contribution in [0.5, 0.6) is 0 Å². The maximum Gasteiger partial charge on any atom is 0.223 e. The Morgan fingerprint density at radius 2 is 2.33 bits per heavy atom. The maximum atomic E-state index is 8.89. The lowest BCUT2D eigenvalue weighted by atomic mass is 10.0. The summed E-state index contributed by atoms with van der Waals surface area (Å²) in [6, 6.07) is 0. The Kier molecular flexibility index (Phi) is 3.02. The molecule has 2 rings (SSSR count). The molecule has 0 bridgehead atoms. The Bertz CT molecular complexity index is 320. The van der Waals surface area contributed by atoms with Gasteiger partial charge < -0.3 is 14.9 Å². The van der Waals surface area contributed by atoms with Crippen LogP contribution in [0.25, 0.3) is 0 Å². The van der Waals surface area contributed by atoms with Gasteiger partial charge in [0, 0.05) is 20.1 Å². The molecule has 0 spiro atoms. The third kappa shape index (κ3) is 2.76. The normalized spacial score (nSPS) is 18.0. The molecule has 1 heterocycles. The quantitative estimate of drug-likeness (QED) is 0.722. The molecule has 5 heteroatoms. The molecule has 15 heavy (non-hydrogen) atoms. The van der Waals surface area contributed by atoms with Gasteiger partial charge >= 0.3 is 0 Å². The van der Waals surface area contributed by atoms with E-state index in [0.29, 0.717) is 23.7 Å². The minimum Gasteiger partial charge on any atom is -0.396 e. The highest BCUT2D eigenvalue weighted by molar-refractivity contribution is 4.95. The largest absolute Gasteiger partial charge is 0.396 e. The molecule has 0 radical (unpaired) electrons. The molecule has 84 valence electrons. The Labute approximate surface area is 88.9 Å². The molecule has 0 aliphatic heterocycles. The first-order valence-corrected chi connectivity index (χ1v) is 5.35. The smallest absolute Gasteiger partial charge is 0.223 e. The second-order valence-corrected chi connectivity index (χ2v) is 4.31. The highest BCUT2D eigenvalue weighted by Crippen LogP contribution is 2.47. The van der Waals surface area contributed by atoms with Gasteiger partial charge in [-0.05, 0) is 24.7 Å². The predicted molar refractivity (Wildman–Crippen MR) is 54.1 cm³/mol. The minimum atomic E-state index is 0.281. The molecule has 0 atom stereocenters. The first-order chi connectivity index (χ1) is 7.24. The molecule has 5 nitrogen and oxygen atoms in total. The summed E-state index contributed by atoms with van der Waals surface area (Å²) in [5.41, 5.74) is 0.341. The van der Waals surface area contributed by atoms with Crippen LogP contribution in [-0.4, -0.2) is 28.4 Å². The summed E-state index contributed by atoms with van der Waals surface area (Å²) in [6.45, 7) is 3.64. The van der Waals surface area contributed by atoms with Gasteiger partial charge in [0.25, 0.3) is 0 Å². The third-order valence-corrected chi connectivity index (χ3v) is 2.95. The van der Waals surface area contributed by atoms with Crippen molar-refractivity contribution in [3.63, 3.8) is 0 Å². The van der Waals surface area contributed by atoms with Gasteiger partial charge in [-0.2, -0.15) is 4.98 Å². The van der Waals surface area contributed by atoms with Gasteiger partial charge in [-0.25, -0.2) is 0 Å². The molecule has 2 N–H and O–H groups in total. The number of aryl methyl sites for hydroxylation is 1. The van der Waals surface area contributed by atoms with Gasteiger partial charge in [0.05, 0.1) is 6.54 Å². The van der Waals surface area contributed by atoms with Crippen molar-refractivity contribution in [2.75, 3.05) is 13.2 Å². The topological polar surface area (TPSA) is 71.2 Å². The van der Waals surface area contributed by atoms with Crippen LogP contribution in [0.15, 0.2) is 4.52 Å². The van der Waals surface area contributed by atoms with E-state index >= 15 is 0 Å². The second-order valence-electron chi connectivity index (χ2n) is 4.31. The van der Waals surface area contributed by atoms with Crippen molar-refractivity contribution in [3.8, 4) is 0 Å². The summed E-state index contributed by atoms with van der Waals surface area (Å²) in [4.78, 5) is 4.11. The van der Waals surface area contributed by atoms with E-state index in [4.69, 9.17) is 9.63 Å². The van der Waals surface area contributed by atoms with E-state index in [1.807, 2.05) is 0 Å². The summed E-state index contributed by atoms with van der Waals surface area (Å²) in [5, 5.41) is 16.0. The summed E-state index contributed by atoms with van der Waals surface area (Å²) in [5.74, 6) is 1.30. The average Bonchev–Trinajstić information content (AvgIpc) is 2.83. The van der Waals surface area contributed by atoms with Crippen LogP contribution in [0.4, 0.5) is 0 Å². The first-order valence-electron chi connectivity index (χ1n) is 5.35. The Morgan fingerprint density at radius 1 is 1.53 bits per heavy atom. The molecule has 0 saturated heterocycles. The number of hydrogen-bond donors (Lipinski definition) is 2. The van der Waals surface area contributed by atoms with E-state index in [9.17, 15) is 0 Å². The number of rotatable bonds is 6. The second kappa shape index (κ2) is 4.28. The van der Waals surface area contributed by atoms with Gasteiger partial charge in [0.1, 0.15) is 0 Å². The molecular formula is C10H17N3O2. The van der Waals surface area contributed by atoms with E-state index < -0.39 is 0 Å². The van der Waals surface area contributed by atoms with Crippen molar-refractivity contribution in [2.45, 2.75) is 32.7 Å². The highest BCUT2D eigenvalue weighted by Gasteiger charge is 2.41. The fourth-order valence-corrected chi connectivity index (χ4v) is 1.78. The van der Waals surface area contributed by atoms with Crippen molar-refractivity contribution in [3.05, 3.63) is 11.7 Å². The number of aromatic nitrogens is 2. The first kappa shape index (κ1) is 10.6. The SMILES string of the molecule is Cc1nc(CNCC2(CCO)CC2)no1. The van der Waals surface area contributed by atoms with Crippen LogP contribution in [0.1, 0.15) is 31.0 Å². The number of aliphatic hydroxyl groups is 1. The Morgan fingerprint density at radius 3 is 2.87 bits per heavy atom. The fourth-order valence-electron chi connectivity index (χ4n) is 1.78. The van der Waals surface area contributed by atoms with Gasteiger partial charge in [-0.15, -0.1) is 0 Å². The minimum absolute atomic E-state index is 0.281. The third-order valence-electron chi connectivity index (χ3n) is 2.95. The summed E-state index contributed by atoms with van der Waals surface area (Å²) < 4.78 is 4.87. The van der Waals surface area contributed by atoms with Gasteiger partial charge in [-0.1, -0.05) is 5.16 Å². The molecule has 1 aliphatic rings. The average molecular weight is 211 g/mol. The lowest BCUT2D eigenvalue weighted by Gasteiger charge is -2.13. The summed E-state index contributed by atoms with van der Waals surface area (Å²) in [7, 11) is 0. The van der Waals surface area contributed by atoms with Crippen LogP contribution >= 0.6 is 0 Å². The van der Waals surface area contributed by atoms with Crippen LogP contribution in [0, 0.1) is 12.3 Å². The maximum absolute atomic E-state index is 8.89. The van der Waals surface area contributed by atoms with Crippen molar-refractivity contribution < 1.29 is 9.63 Å². The monoisotopic (exact) mass is 211 g/mol. The summed E-state index contributed by atoms with van der Waals surface area (Å²) >= 11 is 0. The summed E-state index contributed by atoms with van der Waals surface area (Å²) in [6.07, 6.45) is 3.32. The van der Waals surface area contributed by atoms with Gasteiger partial charge in [-0.3, -0.25) is 0 Å². The lowest BCUT2D eigenvalue weighted by molar-refractivity contribution is 0.245. The molecule has 1 aromatic heterocycles. The predicted octanol–water partition coefficient (Wildman–Crippen LogP) is 0.630. The number of aliphatic hydroxyl groups excluding tert-OH is 1. The fraction of sp³-hybridized carbons (Fsp3) is 0.800. The van der Waals surface area contributed by atoms with E-state index in [1.54, 1.807) is 6.92 Å². The van der Waals surface area contributed by atoms with Crippen molar-refractivity contribution >= 4 is 0 Å². The van der Waals surface area contributed by atoms with Crippen LogP contribution in [-0.2, 0) is 6.54 Å². The molecule has 0 unspecified atom stereocenters. The molecule has 1 saturated carbocycles. The molecular weight excluding hydrogens is 194 g/mol. The molecule has 0 amide bonds. The zero-order valence-electron chi connectivity index (χ0n) is 8.99. The zero-order chi connectivity index (χ0) is 10.7. The van der Waals surface area contributed by atoms with Crippen molar-refractivity contribution in [1.29, 1.82) is 0 Å². The number of nitrogens with zero attached hydrogens (tertiary/aromatic N) is 2. The van der Waals surface area contributed by atoms with Crippen LogP contribution in [0.3, 0.4) is 0 Å². The van der Waals surface area contributed by atoms with Crippen molar-refractivity contribution in [2.24, 2.45) is 5.41 Å². The molecule has 1 aliphatic carbocycles. The van der Waals surface area contributed by atoms with Crippen LogP contribution < -0.4 is 5.32 Å². The van der Waals surface area contributed by atoms with Crippen molar-refractivity contribution in [1.82, 2.24) is 15.5 Å². The lowest BCUT2D eigenvalue weighted by Crippen LogP contribution is -2.24. The van der Waals surface area contributed by atoms with E-state index in [0.717, 1.165) is 13.0 Å². The van der Waals surface area contributed by atoms with E-state index in [1.165, 1.54) is 12.8 Å². The molecule has 1 aromatic rings. The Hall–Kier alpha value is -0.940. The molecule has 0 aromatic carbocycles. The van der Waals surface area contributed by atoms with Crippen LogP contribution in [0.2, 0.25) is 0 Å². The zero-order valence-corrected chi connectivity index (χ0v) is 8.99. The standard InChI is InChI=1S/C10H17N3O2/c1-8-12-9(13-15-8)6-11-7-10(2-3-10)4-5-14/h11,14H,2-7H2,1H3. The number of nitrogens with one attached hydrogen (secondary N) is 1. The van der Waals surface area contributed by atoms with E-state index in [2.05, 4.69) is 15.5 Å². The van der Waals surface area contributed by atoms with E-state index in [-0.39, 0.29) is 6.61 Å². The van der Waals surface area contributed by atoms with Gasteiger partial charge in [0.2, 0.25) is 5.89 Å². The van der Waals surface area contributed by atoms with Gasteiger partial charge in [0.15, 0.2) is 5.82 Å². The highest BCUT2D eigenvalue weighted by atomic mass is 16.5. The Balaban J connectivity index is 1.71.